The Kier molecular flexibility index (Phi) is 5.61. The molecular formula is C15H27N3S. The maximum absolute atomic E-state index is 5.16. The fourth-order valence-corrected chi connectivity index (χ4v) is 3.38. The van der Waals surface area contributed by atoms with Gasteiger partial charge in [-0.25, -0.2) is 0 Å². The second-order valence-corrected chi connectivity index (χ2v) is 6.48. The topological polar surface area (TPSA) is 33.6 Å². The van der Waals surface area contributed by atoms with Gasteiger partial charge < -0.3 is 4.57 Å². The van der Waals surface area contributed by atoms with Gasteiger partial charge in [-0.2, -0.15) is 5.10 Å². The first kappa shape index (κ1) is 14.8. The van der Waals surface area contributed by atoms with Crippen LogP contribution in [0.2, 0.25) is 0 Å². The third-order valence-electron chi connectivity index (χ3n) is 4.63. The van der Waals surface area contributed by atoms with E-state index in [1.807, 2.05) is 11.6 Å². The Morgan fingerprint density at radius 3 is 2.47 bits per heavy atom. The molecule has 1 heterocycles. The van der Waals surface area contributed by atoms with E-state index in [4.69, 9.17) is 12.2 Å². The van der Waals surface area contributed by atoms with Crippen molar-refractivity contribution in [3.63, 3.8) is 0 Å². The Morgan fingerprint density at radius 1 is 1.21 bits per heavy atom. The molecule has 0 amide bonds. The maximum Gasteiger partial charge on any atom is 0.194 e. The molecule has 1 aliphatic rings. The predicted octanol–water partition coefficient (Wildman–Crippen LogP) is 4.41. The van der Waals surface area contributed by atoms with Gasteiger partial charge in [0, 0.05) is 13.5 Å². The molecule has 2 rings (SSSR count). The number of rotatable bonds is 6. The molecule has 0 aromatic carbocycles. The Morgan fingerprint density at radius 2 is 1.89 bits per heavy atom. The summed E-state index contributed by atoms with van der Waals surface area (Å²) >= 11 is 5.16. The highest BCUT2D eigenvalue weighted by atomic mass is 32.1. The second kappa shape index (κ2) is 7.22. The van der Waals surface area contributed by atoms with E-state index in [0.29, 0.717) is 0 Å². The highest BCUT2D eigenvalue weighted by Gasteiger charge is 2.22. The molecule has 1 aliphatic carbocycles. The Labute approximate surface area is 121 Å². The second-order valence-electron chi connectivity index (χ2n) is 6.09. The summed E-state index contributed by atoms with van der Waals surface area (Å²) in [6, 6.07) is 0. The normalized spacial score (nSPS) is 23.7. The van der Waals surface area contributed by atoms with Gasteiger partial charge in [-0.1, -0.05) is 45.4 Å². The van der Waals surface area contributed by atoms with Gasteiger partial charge in [0.15, 0.2) is 4.77 Å². The van der Waals surface area contributed by atoms with Crippen molar-refractivity contribution in [2.75, 3.05) is 0 Å². The first-order valence-corrected chi connectivity index (χ1v) is 8.21. The first-order valence-electron chi connectivity index (χ1n) is 7.81. The highest BCUT2D eigenvalue weighted by molar-refractivity contribution is 7.71. The quantitative estimate of drug-likeness (QED) is 0.619. The molecular weight excluding hydrogens is 254 g/mol. The van der Waals surface area contributed by atoms with Crippen LogP contribution >= 0.6 is 12.2 Å². The number of aromatic nitrogens is 3. The van der Waals surface area contributed by atoms with Gasteiger partial charge in [-0.05, 0) is 36.9 Å². The van der Waals surface area contributed by atoms with E-state index in [1.54, 1.807) is 0 Å². The highest BCUT2D eigenvalue weighted by Crippen LogP contribution is 2.33. The predicted molar refractivity (Wildman–Crippen MR) is 81.7 cm³/mol. The fraction of sp³-hybridized carbons (Fsp3) is 0.867. The van der Waals surface area contributed by atoms with Crippen LogP contribution in [-0.2, 0) is 13.5 Å². The van der Waals surface area contributed by atoms with Crippen LogP contribution in [0.1, 0.15) is 64.1 Å². The molecule has 1 fully saturated rings. The van der Waals surface area contributed by atoms with E-state index in [1.165, 1.54) is 51.4 Å². The van der Waals surface area contributed by atoms with Crippen molar-refractivity contribution in [3.8, 4) is 0 Å². The van der Waals surface area contributed by atoms with Gasteiger partial charge in [-0.3, -0.25) is 5.10 Å². The Hall–Kier alpha value is -0.640. The van der Waals surface area contributed by atoms with Crippen LogP contribution in [0.4, 0.5) is 0 Å². The summed E-state index contributed by atoms with van der Waals surface area (Å²) in [4.78, 5) is 0. The number of aromatic amines is 1. The minimum Gasteiger partial charge on any atom is -0.307 e. The molecule has 0 aliphatic heterocycles. The van der Waals surface area contributed by atoms with Crippen LogP contribution in [-0.4, -0.2) is 14.8 Å². The molecule has 3 nitrogen and oxygen atoms in total. The summed E-state index contributed by atoms with van der Waals surface area (Å²) in [5.74, 6) is 2.93. The lowest BCUT2D eigenvalue weighted by atomic mass is 9.78. The summed E-state index contributed by atoms with van der Waals surface area (Å²) in [7, 11) is 2.01. The molecule has 1 aromatic heterocycles. The number of nitrogens with zero attached hydrogens (tertiary/aromatic N) is 2. The van der Waals surface area contributed by atoms with Crippen LogP contribution in [0.15, 0.2) is 0 Å². The summed E-state index contributed by atoms with van der Waals surface area (Å²) in [6.45, 7) is 2.29. The maximum atomic E-state index is 5.16. The van der Waals surface area contributed by atoms with Gasteiger partial charge in [0.25, 0.3) is 0 Å². The van der Waals surface area contributed by atoms with E-state index >= 15 is 0 Å². The smallest absolute Gasteiger partial charge is 0.194 e. The zero-order valence-corrected chi connectivity index (χ0v) is 13.1. The molecule has 4 heteroatoms. The molecule has 0 saturated heterocycles. The monoisotopic (exact) mass is 281 g/mol. The minimum absolute atomic E-state index is 0.739. The van der Waals surface area contributed by atoms with Crippen molar-refractivity contribution >= 4 is 12.2 Å². The molecule has 0 spiro atoms. The molecule has 0 unspecified atom stereocenters. The van der Waals surface area contributed by atoms with Crippen molar-refractivity contribution in [2.45, 2.75) is 64.7 Å². The van der Waals surface area contributed by atoms with E-state index in [0.717, 1.165) is 28.9 Å². The van der Waals surface area contributed by atoms with Crippen LogP contribution < -0.4 is 0 Å². The lowest BCUT2D eigenvalue weighted by molar-refractivity contribution is 0.254. The van der Waals surface area contributed by atoms with Gasteiger partial charge in [0.05, 0.1) is 0 Å². The van der Waals surface area contributed by atoms with E-state index in [9.17, 15) is 0 Å². The lowest BCUT2D eigenvalue weighted by Crippen LogP contribution is -2.18. The molecule has 0 atom stereocenters. The molecule has 0 radical (unpaired) electrons. The van der Waals surface area contributed by atoms with Crippen molar-refractivity contribution in [2.24, 2.45) is 18.9 Å². The molecule has 1 N–H and O–H groups in total. The molecule has 108 valence electrons. The Balaban J connectivity index is 1.74. The van der Waals surface area contributed by atoms with Crippen LogP contribution in [0.5, 0.6) is 0 Å². The van der Waals surface area contributed by atoms with Crippen molar-refractivity contribution in [1.82, 2.24) is 14.8 Å². The Bertz CT molecular complexity index is 427. The van der Waals surface area contributed by atoms with E-state index in [-0.39, 0.29) is 0 Å². The summed E-state index contributed by atoms with van der Waals surface area (Å²) in [6.07, 6.45) is 12.3. The summed E-state index contributed by atoms with van der Waals surface area (Å²) in [5, 5.41) is 7.22. The molecule has 19 heavy (non-hydrogen) atoms. The van der Waals surface area contributed by atoms with Crippen molar-refractivity contribution < 1.29 is 0 Å². The third-order valence-corrected chi connectivity index (χ3v) is 4.99. The number of unbranched alkanes of at least 4 members (excludes halogenated alkanes) is 2. The summed E-state index contributed by atoms with van der Waals surface area (Å²) in [5.41, 5.74) is 0. The van der Waals surface area contributed by atoms with E-state index in [2.05, 4.69) is 17.1 Å². The van der Waals surface area contributed by atoms with Crippen LogP contribution in [0.25, 0.3) is 0 Å². The lowest BCUT2D eigenvalue weighted by Gasteiger charge is -2.28. The van der Waals surface area contributed by atoms with Gasteiger partial charge >= 0.3 is 0 Å². The SMILES string of the molecule is CCCCCC1CCC(Cc2n[nH]c(=S)n2C)CC1. The standard InChI is InChI=1S/C15H27N3S/c1-3-4-5-6-12-7-9-13(10-8-12)11-14-16-17-15(19)18(14)2/h12-13H,3-11H2,1-2H3,(H,17,19). The number of hydrogen-bond donors (Lipinski definition) is 1. The van der Waals surface area contributed by atoms with Gasteiger partial charge in [0.2, 0.25) is 0 Å². The number of H-pyrrole nitrogens is 1. The number of nitrogens with one attached hydrogen (secondary N) is 1. The molecule has 1 saturated carbocycles. The van der Waals surface area contributed by atoms with E-state index < -0.39 is 0 Å². The third kappa shape index (κ3) is 4.16. The zero-order chi connectivity index (χ0) is 13.7. The minimum atomic E-state index is 0.739. The van der Waals surface area contributed by atoms with Crippen LogP contribution in [0, 0.1) is 16.6 Å². The molecule has 0 bridgehead atoms. The molecule has 1 aromatic rings. The number of hydrogen-bond acceptors (Lipinski definition) is 2. The fourth-order valence-electron chi connectivity index (χ4n) is 3.23. The average Bonchev–Trinajstić information content (AvgIpc) is 2.73. The summed E-state index contributed by atoms with van der Waals surface area (Å²) < 4.78 is 2.76. The average molecular weight is 281 g/mol. The zero-order valence-electron chi connectivity index (χ0n) is 12.3. The van der Waals surface area contributed by atoms with Crippen LogP contribution in [0.3, 0.4) is 0 Å². The van der Waals surface area contributed by atoms with Gasteiger partial charge in [0.1, 0.15) is 5.82 Å². The van der Waals surface area contributed by atoms with Crippen molar-refractivity contribution in [3.05, 3.63) is 10.6 Å². The van der Waals surface area contributed by atoms with Crippen molar-refractivity contribution in [1.29, 1.82) is 0 Å². The van der Waals surface area contributed by atoms with Gasteiger partial charge in [-0.15, -0.1) is 0 Å². The largest absolute Gasteiger partial charge is 0.307 e. The first-order chi connectivity index (χ1) is 9.20.